The molecule has 3 heteroatoms. The highest BCUT2D eigenvalue weighted by Crippen LogP contribution is 2.18. The number of aryl methyl sites for hydroxylation is 2. The number of benzene rings is 2. The van der Waals surface area contributed by atoms with E-state index < -0.39 is 0 Å². The van der Waals surface area contributed by atoms with Crippen molar-refractivity contribution in [1.29, 1.82) is 0 Å². The third-order valence-electron chi connectivity index (χ3n) is 5.97. The number of carbonyl (C=O) groups excluding carboxylic acids is 1. The minimum atomic E-state index is 0.398. The van der Waals surface area contributed by atoms with Crippen LogP contribution in [0.25, 0.3) is 0 Å². The summed E-state index contributed by atoms with van der Waals surface area (Å²) in [4.78, 5) is 17.0. The van der Waals surface area contributed by atoms with Crippen LogP contribution in [-0.4, -0.2) is 32.0 Å². The van der Waals surface area contributed by atoms with E-state index in [4.69, 9.17) is 0 Å². The van der Waals surface area contributed by atoms with Crippen molar-refractivity contribution >= 4 is 17.2 Å². The van der Waals surface area contributed by atoms with Gasteiger partial charge in [-0.15, -0.1) is 0 Å². The summed E-state index contributed by atoms with van der Waals surface area (Å²) in [7, 11) is 0. The van der Waals surface area contributed by atoms with Crippen LogP contribution in [0.4, 0.5) is 11.4 Å². The number of hydrogen-bond acceptors (Lipinski definition) is 3. The van der Waals surface area contributed by atoms with Crippen LogP contribution in [0.5, 0.6) is 0 Å². The van der Waals surface area contributed by atoms with Crippen LogP contribution < -0.4 is 9.80 Å². The van der Waals surface area contributed by atoms with Crippen molar-refractivity contribution in [2.24, 2.45) is 0 Å². The van der Waals surface area contributed by atoms with Crippen LogP contribution in [0.15, 0.2) is 48.5 Å². The predicted molar refractivity (Wildman–Crippen MR) is 131 cm³/mol. The van der Waals surface area contributed by atoms with E-state index in [1.807, 2.05) is 0 Å². The Morgan fingerprint density at radius 2 is 0.933 bits per heavy atom. The van der Waals surface area contributed by atoms with E-state index in [0.29, 0.717) is 18.6 Å². The van der Waals surface area contributed by atoms with Crippen LogP contribution in [-0.2, 0) is 17.6 Å². The van der Waals surface area contributed by atoms with Gasteiger partial charge in [-0.2, -0.15) is 0 Å². The summed E-state index contributed by atoms with van der Waals surface area (Å²) in [5.74, 6) is 0.398. The highest BCUT2D eigenvalue weighted by Gasteiger charge is 2.06. The van der Waals surface area contributed by atoms with Crippen LogP contribution in [0.1, 0.15) is 64.5 Å². The number of nitrogens with zero attached hydrogens (tertiary/aromatic N) is 2. The van der Waals surface area contributed by atoms with E-state index in [9.17, 15) is 4.79 Å². The molecule has 0 aromatic heterocycles. The van der Waals surface area contributed by atoms with Gasteiger partial charge in [-0.1, -0.05) is 24.3 Å². The second kappa shape index (κ2) is 13.1. The number of anilines is 2. The summed E-state index contributed by atoms with van der Waals surface area (Å²) in [6.45, 7) is 12.9. The number of rotatable bonds is 14. The summed E-state index contributed by atoms with van der Waals surface area (Å²) >= 11 is 0. The molecule has 0 saturated carbocycles. The van der Waals surface area contributed by atoms with E-state index in [0.717, 1.165) is 51.9 Å². The molecule has 0 N–H and O–H groups in total. The smallest absolute Gasteiger partial charge is 0.132 e. The predicted octanol–water partition coefficient (Wildman–Crippen LogP) is 6.29. The molecule has 3 nitrogen and oxygen atoms in total. The topological polar surface area (TPSA) is 23.6 Å². The van der Waals surface area contributed by atoms with Crippen molar-refractivity contribution in [3.05, 3.63) is 59.7 Å². The molecule has 164 valence electrons. The Hall–Kier alpha value is -2.29. The third kappa shape index (κ3) is 7.51. The molecule has 0 unspecified atom stereocenters. The molecule has 2 aromatic carbocycles. The summed E-state index contributed by atoms with van der Waals surface area (Å²) in [6, 6.07) is 17.6. The lowest BCUT2D eigenvalue weighted by Gasteiger charge is -2.21. The number of carbonyl (C=O) groups is 1. The molecule has 0 aliphatic carbocycles. The highest BCUT2D eigenvalue weighted by atomic mass is 16.1. The van der Waals surface area contributed by atoms with Gasteiger partial charge in [-0.3, -0.25) is 4.79 Å². The fourth-order valence-corrected chi connectivity index (χ4v) is 4.03. The molecule has 0 radical (unpaired) electrons. The van der Waals surface area contributed by atoms with Crippen LogP contribution in [0.3, 0.4) is 0 Å². The summed E-state index contributed by atoms with van der Waals surface area (Å²) < 4.78 is 0. The number of Topliss-reactive ketones (excluding diaryl/α,β-unsaturated/α-hetero) is 1. The average molecular weight is 409 g/mol. The molecule has 0 bridgehead atoms. The minimum absolute atomic E-state index is 0.398. The van der Waals surface area contributed by atoms with Crippen molar-refractivity contribution in [3.63, 3.8) is 0 Å². The van der Waals surface area contributed by atoms with Gasteiger partial charge in [0.05, 0.1) is 0 Å². The standard InChI is InChI=1S/C27H40N2O/c1-5-28(6-2)25-19-15-23(16-20-25)11-9-13-27(30)14-10-12-24-17-21-26(22-18-24)29(7-3)8-4/h15-22H,5-14H2,1-4H3. The van der Waals surface area contributed by atoms with Crippen molar-refractivity contribution in [2.45, 2.75) is 66.2 Å². The van der Waals surface area contributed by atoms with Gasteiger partial charge in [0.2, 0.25) is 0 Å². The van der Waals surface area contributed by atoms with Gasteiger partial charge in [0.15, 0.2) is 0 Å². The van der Waals surface area contributed by atoms with E-state index >= 15 is 0 Å². The molecule has 30 heavy (non-hydrogen) atoms. The highest BCUT2D eigenvalue weighted by molar-refractivity contribution is 5.78. The van der Waals surface area contributed by atoms with Gasteiger partial charge < -0.3 is 9.80 Å². The Morgan fingerprint density at radius 1 is 0.600 bits per heavy atom. The maximum absolute atomic E-state index is 12.3. The normalized spacial score (nSPS) is 10.8. The molecule has 0 aliphatic rings. The maximum Gasteiger partial charge on any atom is 0.132 e. The molecule has 0 saturated heterocycles. The Balaban J connectivity index is 1.66. The zero-order chi connectivity index (χ0) is 21.8. The molecule has 0 atom stereocenters. The lowest BCUT2D eigenvalue weighted by molar-refractivity contribution is -0.119. The first-order valence-corrected chi connectivity index (χ1v) is 11.8. The molecule has 2 aromatic rings. The molecule has 0 spiro atoms. The lowest BCUT2D eigenvalue weighted by Crippen LogP contribution is -2.21. The van der Waals surface area contributed by atoms with Crippen molar-refractivity contribution in [2.75, 3.05) is 36.0 Å². The monoisotopic (exact) mass is 408 g/mol. The zero-order valence-electron chi connectivity index (χ0n) is 19.5. The van der Waals surface area contributed by atoms with Crippen molar-refractivity contribution < 1.29 is 4.79 Å². The van der Waals surface area contributed by atoms with Crippen LogP contribution >= 0.6 is 0 Å². The fourth-order valence-electron chi connectivity index (χ4n) is 4.03. The third-order valence-corrected chi connectivity index (χ3v) is 5.97. The molecule has 0 aliphatic heterocycles. The Kier molecular flexibility index (Phi) is 10.5. The first-order chi connectivity index (χ1) is 14.6. The van der Waals surface area contributed by atoms with Crippen molar-refractivity contribution in [3.8, 4) is 0 Å². The summed E-state index contributed by atoms with van der Waals surface area (Å²) in [5.41, 5.74) is 5.22. The lowest BCUT2D eigenvalue weighted by atomic mass is 10.0. The first-order valence-electron chi connectivity index (χ1n) is 11.8. The second-order valence-corrected chi connectivity index (χ2v) is 7.92. The van der Waals surface area contributed by atoms with E-state index in [2.05, 4.69) is 86.0 Å². The second-order valence-electron chi connectivity index (χ2n) is 7.92. The van der Waals surface area contributed by atoms with Gasteiger partial charge in [0.25, 0.3) is 0 Å². The molecular formula is C27H40N2O. The molecule has 0 fully saturated rings. The minimum Gasteiger partial charge on any atom is -0.372 e. The summed E-state index contributed by atoms with van der Waals surface area (Å²) in [6.07, 6.45) is 5.25. The zero-order valence-corrected chi connectivity index (χ0v) is 19.5. The SMILES string of the molecule is CCN(CC)c1ccc(CCCC(=O)CCCc2ccc(N(CC)CC)cc2)cc1. The Morgan fingerprint density at radius 3 is 1.23 bits per heavy atom. The van der Waals surface area contributed by atoms with E-state index in [-0.39, 0.29) is 0 Å². The van der Waals surface area contributed by atoms with E-state index in [1.165, 1.54) is 22.5 Å². The van der Waals surface area contributed by atoms with Gasteiger partial charge in [0, 0.05) is 50.4 Å². The van der Waals surface area contributed by atoms with Gasteiger partial charge >= 0.3 is 0 Å². The van der Waals surface area contributed by atoms with Crippen LogP contribution in [0.2, 0.25) is 0 Å². The quantitative estimate of drug-likeness (QED) is 0.367. The number of ketones is 1. The van der Waals surface area contributed by atoms with Gasteiger partial charge in [0.1, 0.15) is 5.78 Å². The summed E-state index contributed by atoms with van der Waals surface area (Å²) in [5, 5.41) is 0. The maximum atomic E-state index is 12.3. The molecule has 0 amide bonds. The molecule has 2 rings (SSSR count). The first kappa shape index (κ1) is 24.0. The van der Waals surface area contributed by atoms with Crippen molar-refractivity contribution in [1.82, 2.24) is 0 Å². The Bertz CT molecular complexity index is 665. The largest absolute Gasteiger partial charge is 0.372 e. The average Bonchev–Trinajstić information content (AvgIpc) is 2.77. The van der Waals surface area contributed by atoms with Crippen LogP contribution in [0, 0.1) is 0 Å². The Labute approximate surface area is 184 Å². The van der Waals surface area contributed by atoms with E-state index in [1.54, 1.807) is 0 Å². The molecular weight excluding hydrogens is 368 g/mol. The number of hydrogen-bond donors (Lipinski definition) is 0. The van der Waals surface area contributed by atoms with Gasteiger partial charge in [-0.25, -0.2) is 0 Å². The molecule has 0 heterocycles. The fraction of sp³-hybridized carbons (Fsp3) is 0.519. The van der Waals surface area contributed by atoms with Gasteiger partial charge in [-0.05, 0) is 88.8 Å².